The lowest BCUT2D eigenvalue weighted by atomic mass is 10.0. The van der Waals surface area contributed by atoms with Crippen LogP contribution in [0.1, 0.15) is 39.8 Å². The number of esters is 1. The van der Waals surface area contributed by atoms with Crippen LogP contribution in [0.15, 0.2) is 24.5 Å². The standard InChI is InChI=1S/C17H24FN3O2/c1-11(2)15(8-16(22)23-12(3)4)19-9-13-10-21-7-5-6-14(18)17(21)20-13/h5-7,10-12,15,19H,8-9H2,1-4H3. The molecule has 5 nitrogen and oxygen atoms in total. The molecule has 0 aliphatic rings. The molecule has 0 aliphatic heterocycles. The van der Waals surface area contributed by atoms with E-state index in [-0.39, 0.29) is 29.9 Å². The molecule has 2 aromatic heterocycles. The zero-order chi connectivity index (χ0) is 17.0. The first-order valence-electron chi connectivity index (χ1n) is 7.91. The molecular formula is C17H24FN3O2. The molecule has 0 bridgehead atoms. The Morgan fingerprint density at radius 3 is 2.74 bits per heavy atom. The minimum Gasteiger partial charge on any atom is -0.463 e. The van der Waals surface area contributed by atoms with Crippen LogP contribution in [0.2, 0.25) is 0 Å². The fraction of sp³-hybridized carbons (Fsp3) is 0.529. The van der Waals surface area contributed by atoms with E-state index in [4.69, 9.17) is 4.74 Å². The van der Waals surface area contributed by atoms with Crippen molar-refractivity contribution in [1.29, 1.82) is 0 Å². The lowest BCUT2D eigenvalue weighted by molar-refractivity contribution is -0.148. The van der Waals surface area contributed by atoms with Crippen LogP contribution in [-0.2, 0) is 16.1 Å². The van der Waals surface area contributed by atoms with Crippen LogP contribution in [0.5, 0.6) is 0 Å². The van der Waals surface area contributed by atoms with Gasteiger partial charge in [0.05, 0.1) is 18.2 Å². The monoisotopic (exact) mass is 321 g/mol. The molecule has 0 spiro atoms. The third-order valence-corrected chi connectivity index (χ3v) is 3.59. The quantitative estimate of drug-likeness (QED) is 0.797. The van der Waals surface area contributed by atoms with Crippen molar-refractivity contribution in [2.24, 2.45) is 5.92 Å². The van der Waals surface area contributed by atoms with Gasteiger partial charge >= 0.3 is 5.97 Å². The van der Waals surface area contributed by atoms with E-state index in [1.807, 2.05) is 27.7 Å². The van der Waals surface area contributed by atoms with Crippen molar-refractivity contribution in [1.82, 2.24) is 14.7 Å². The zero-order valence-corrected chi connectivity index (χ0v) is 14.0. The lowest BCUT2D eigenvalue weighted by Crippen LogP contribution is -2.36. The van der Waals surface area contributed by atoms with Crippen LogP contribution >= 0.6 is 0 Å². The maximum Gasteiger partial charge on any atom is 0.307 e. The van der Waals surface area contributed by atoms with E-state index in [0.717, 1.165) is 5.69 Å². The molecule has 0 saturated heterocycles. The second kappa shape index (κ2) is 7.55. The molecule has 1 atom stereocenters. The van der Waals surface area contributed by atoms with Gasteiger partial charge in [0, 0.05) is 25.0 Å². The highest BCUT2D eigenvalue weighted by molar-refractivity contribution is 5.70. The number of carbonyl (C=O) groups is 1. The van der Waals surface area contributed by atoms with E-state index >= 15 is 0 Å². The SMILES string of the molecule is CC(C)OC(=O)CC(NCc1cn2cccc(F)c2n1)C(C)C. The lowest BCUT2D eigenvalue weighted by Gasteiger charge is -2.21. The summed E-state index contributed by atoms with van der Waals surface area (Å²) in [6.45, 7) is 8.23. The normalized spacial score (nSPS) is 13.0. The predicted molar refractivity (Wildman–Crippen MR) is 86.5 cm³/mol. The highest BCUT2D eigenvalue weighted by Gasteiger charge is 2.19. The van der Waals surface area contributed by atoms with E-state index in [9.17, 15) is 9.18 Å². The molecule has 0 fully saturated rings. The minimum atomic E-state index is -0.348. The van der Waals surface area contributed by atoms with Gasteiger partial charge in [-0.1, -0.05) is 13.8 Å². The number of nitrogens with zero attached hydrogens (tertiary/aromatic N) is 2. The van der Waals surface area contributed by atoms with Gasteiger partial charge in [-0.25, -0.2) is 9.37 Å². The second-order valence-electron chi connectivity index (χ2n) is 6.29. The average Bonchev–Trinajstić information content (AvgIpc) is 2.86. The number of pyridine rings is 1. The van der Waals surface area contributed by atoms with E-state index in [0.29, 0.717) is 18.6 Å². The van der Waals surface area contributed by atoms with Gasteiger partial charge in [-0.15, -0.1) is 0 Å². The van der Waals surface area contributed by atoms with Crippen LogP contribution in [0.3, 0.4) is 0 Å². The van der Waals surface area contributed by atoms with Crippen molar-refractivity contribution >= 4 is 11.6 Å². The van der Waals surface area contributed by atoms with Gasteiger partial charge in [0.1, 0.15) is 0 Å². The fourth-order valence-electron chi connectivity index (χ4n) is 2.38. The number of aromatic nitrogens is 2. The number of carbonyl (C=O) groups excluding carboxylic acids is 1. The van der Waals surface area contributed by atoms with Gasteiger partial charge < -0.3 is 14.5 Å². The van der Waals surface area contributed by atoms with Crippen molar-refractivity contribution in [2.45, 2.75) is 52.8 Å². The highest BCUT2D eigenvalue weighted by atomic mass is 19.1. The maximum absolute atomic E-state index is 13.7. The Bertz CT molecular complexity index is 667. The van der Waals surface area contributed by atoms with Gasteiger partial charge in [-0.05, 0) is 31.9 Å². The van der Waals surface area contributed by atoms with Crippen molar-refractivity contribution in [3.63, 3.8) is 0 Å². The highest BCUT2D eigenvalue weighted by Crippen LogP contribution is 2.12. The Labute approximate surface area is 135 Å². The summed E-state index contributed by atoms with van der Waals surface area (Å²) >= 11 is 0. The van der Waals surface area contributed by atoms with Gasteiger partial charge in [-0.3, -0.25) is 4.79 Å². The summed E-state index contributed by atoms with van der Waals surface area (Å²) in [5.74, 6) is -0.296. The molecule has 23 heavy (non-hydrogen) atoms. The van der Waals surface area contributed by atoms with Crippen LogP contribution in [0, 0.1) is 11.7 Å². The van der Waals surface area contributed by atoms with Crippen LogP contribution in [-0.4, -0.2) is 27.5 Å². The van der Waals surface area contributed by atoms with Gasteiger partial charge in [0.15, 0.2) is 11.5 Å². The number of rotatable bonds is 7. The molecule has 0 aromatic carbocycles. The molecule has 6 heteroatoms. The molecular weight excluding hydrogens is 297 g/mol. The number of fused-ring (bicyclic) bond motifs is 1. The molecule has 2 aromatic rings. The van der Waals surface area contributed by atoms with Crippen LogP contribution < -0.4 is 5.32 Å². The Morgan fingerprint density at radius 2 is 2.13 bits per heavy atom. The number of hydrogen-bond donors (Lipinski definition) is 1. The summed E-state index contributed by atoms with van der Waals surface area (Å²) in [7, 11) is 0. The molecule has 2 heterocycles. The summed E-state index contributed by atoms with van der Waals surface area (Å²) in [6, 6.07) is 3.01. The first kappa shape index (κ1) is 17.4. The summed E-state index contributed by atoms with van der Waals surface area (Å²) in [6.07, 6.45) is 3.73. The number of nitrogens with one attached hydrogen (secondary N) is 1. The maximum atomic E-state index is 13.7. The first-order chi connectivity index (χ1) is 10.9. The van der Waals surface area contributed by atoms with Gasteiger partial charge in [0.25, 0.3) is 0 Å². The van der Waals surface area contributed by atoms with E-state index < -0.39 is 0 Å². The number of ether oxygens (including phenoxy) is 1. The predicted octanol–water partition coefficient (Wildman–Crippen LogP) is 2.93. The third kappa shape index (κ3) is 4.76. The van der Waals surface area contributed by atoms with Crippen molar-refractivity contribution in [3.8, 4) is 0 Å². The molecule has 0 aliphatic carbocycles. The topological polar surface area (TPSA) is 55.6 Å². The number of hydrogen-bond acceptors (Lipinski definition) is 4. The Balaban J connectivity index is 2.00. The van der Waals surface area contributed by atoms with Crippen molar-refractivity contribution < 1.29 is 13.9 Å². The van der Waals surface area contributed by atoms with Crippen LogP contribution in [0.25, 0.3) is 5.65 Å². The van der Waals surface area contributed by atoms with E-state index in [1.54, 1.807) is 22.9 Å². The number of halogens is 1. The summed E-state index contributed by atoms with van der Waals surface area (Å²) in [5, 5.41) is 3.32. The van der Waals surface area contributed by atoms with Crippen molar-refractivity contribution in [3.05, 3.63) is 36.0 Å². The summed E-state index contributed by atoms with van der Waals surface area (Å²) < 4.78 is 20.5. The Morgan fingerprint density at radius 1 is 1.39 bits per heavy atom. The largest absolute Gasteiger partial charge is 0.463 e. The third-order valence-electron chi connectivity index (χ3n) is 3.59. The van der Waals surface area contributed by atoms with Crippen LogP contribution in [0.4, 0.5) is 4.39 Å². The Hall–Kier alpha value is -1.95. The average molecular weight is 321 g/mol. The van der Waals surface area contributed by atoms with E-state index in [2.05, 4.69) is 10.3 Å². The minimum absolute atomic E-state index is 0.0177. The van der Waals surface area contributed by atoms with Gasteiger partial charge in [-0.2, -0.15) is 0 Å². The molecule has 126 valence electrons. The smallest absolute Gasteiger partial charge is 0.307 e. The molecule has 0 radical (unpaired) electrons. The van der Waals surface area contributed by atoms with Crippen molar-refractivity contribution in [2.75, 3.05) is 0 Å². The first-order valence-corrected chi connectivity index (χ1v) is 7.91. The summed E-state index contributed by atoms with van der Waals surface area (Å²) in [4.78, 5) is 16.1. The fourth-order valence-corrected chi connectivity index (χ4v) is 2.38. The van der Waals surface area contributed by atoms with Gasteiger partial charge in [0.2, 0.25) is 0 Å². The van der Waals surface area contributed by atoms with E-state index in [1.165, 1.54) is 6.07 Å². The molecule has 0 amide bonds. The Kier molecular flexibility index (Phi) is 5.71. The second-order valence-corrected chi connectivity index (χ2v) is 6.29. The summed E-state index contributed by atoms with van der Waals surface area (Å²) in [5.41, 5.74) is 1.04. The molecule has 2 rings (SSSR count). The molecule has 0 saturated carbocycles. The zero-order valence-electron chi connectivity index (χ0n) is 14.0. The molecule has 1 unspecified atom stereocenters. The molecule has 1 N–H and O–H groups in total. The number of imidazole rings is 1.